The van der Waals surface area contributed by atoms with E-state index in [1.165, 1.54) is 11.1 Å². The third-order valence-electron chi connectivity index (χ3n) is 2.98. The maximum absolute atomic E-state index is 9.17. The molecule has 0 saturated heterocycles. The van der Waals surface area contributed by atoms with Crippen LogP contribution in [0.3, 0.4) is 0 Å². The van der Waals surface area contributed by atoms with Gasteiger partial charge in [0, 0.05) is 0 Å². The van der Waals surface area contributed by atoms with E-state index >= 15 is 0 Å². The topological polar surface area (TPSA) is 38.7 Å². The van der Waals surface area contributed by atoms with Gasteiger partial charge in [-0.05, 0) is 48.7 Å². The highest BCUT2D eigenvalue weighted by Gasteiger charge is 2.00. The average molecular weight is 272 g/mol. The molecular weight excluding hydrogens is 252 g/mol. The number of hydrogen-bond donors (Lipinski definition) is 1. The summed E-state index contributed by atoms with van der Waals surface area (Å²) in [7, 11) is 1.67. The van der Waals surface area contributed by atoms with Crippen LogP contribution in [0, 0.1) is 0 Å². The smallest absolute Gasteiger partial charge is 0.119 e. The van der Waals surface area contributed by atoms with Gasteiger partial charge in [-0.1, -0.05) is 24.3 Å². The van der Waals surface area contributed by atoms with Gasteiger partial charge in [-0.15, -0.1) is 0 Å². The first kappa shape index (κ1) is 14.4. The molecule has 0 aromatic heterocycles. The summed E-state index contributed by atoms with van der Waals surface area (Å²) in [5.41, 5.74) is 2.46. The van der Waals surface area contributed by atoms with E-state index in [0.29, 0.717) is 6.61 Å². The van der Waals surface area contributed by atoms with Crippen molar-refractivity contribution in [2.24, 2.45) is 0 Å². The molecule has 2 aromatic rings. The van der Waals surface area contributed by atoms with Crippen LogP contribution in [-0.4, -0.2) is 24.9 Å². The zero-order valence-electron chi connectivity index (χ0n) is 11.9. The normalized spacial score (nSPS) is 11.9. The fourth-order valence-electron chi connectivity index (χ4n) is 1.90. The predicted molar refractivity (Wildman–Crippen MR) is 79.4 cm³/mol. The molecule has 0 spiro atoms. The predicted octanol–water partition coefficient (Wildman–Crippen LogP) is 3.05. The second-order valence-corrected chi connectivity index (χ2v) is 4.83. The first-order chi connectivity index (χ1) is 9.67. The quantitative estimate of drug-likeness (QED) is 0.878. The van der Waals surface area contributed by atoms with E-state index in [4.69, 9.17) is 9.47 Å². The lowest BCUT2D eigenvalue weighted by Crippen LogP contribution is -2.12. The minimum Gasteiger partial charge on any atom is -0.497 e. The number of ether oxygens (including phenoxy) is 2. The Morgan fingerprint density at radius 2 is 1.40 bits per heavy atom. The first-order valence-corrected chi connectivity index (χ1v) is 6.70. The number of rotatable bonds is 6. The Labute approximate surface area is 119 Å². The van der Waals surface area contributed by atoms with Gasteiger partial charge in [0.05, 0.1) is 13.2 Å². The third kappa shape index (κ3) is 4.28. The molecule has 2 rings (SSSR count). The molecular formula is C17H20O3. The van der Waals surface area contributed by atoms with Crippen molar-refractivity contribution in [1.82, 2.24) is 0 Å². The number of methoxy groups -OCH3 is 1. The van der Waals surface area contributed by atoms with Gasteiger partial charge in [-0.2, -0.15) is 0 Å². The number of benzene rings is 2. The van der Waals surface area contributed by atoms with Gasteiger partial charge >= 0.3 is 0 Å². The van der Waals surface area contributed by atoms with Crippen LogP contribution >= 0.6 is 0 Å². The zero-order valence-corrected chi connectivity index (χ0v) is 11.9. The Balaban J connectivity index is 1.95. The molecule has 0 heterocycles. The maximum atomic E-state index is 9.17. The van der Waals surface area contributed by atoms with Gasteiger partial charge in [0.2, 0.25) is 0 Å². The standard InChI is InChI=1S/C17H20O3/c1-13(18)12-20-17-9-5-15(6-10-17)11-14-3-7-16(19-2)8-4-14/h3-10,13,18H,11-12H2,1-2H3. The molecule has 0 bridgehead atoms. The lowest BCUT2D eigenvalue weighted by Gasteiger charge is -2.09. The van der Waals surface area contributed by atoms with E-state index in [1.54, 1.807) is 14.0 Å². The van der Waals surface area contributed by atoms with E-state index in [1.807, 2.05) is 36.4 Å². The molecule has 0 radical (unpaired) electrons. The van der Waals surface area contributed by atoms with Crippen molar-refractivity contribution in [1.29, 1.82) is 0 Å². The Morgan fingerprint density at radius 3 is 1.85 bits per heavy atom. The molecule has 3 heteroatoms. The molecule has 0 aliphatic carbocycles. The molecule has 0 saturated carbocycles. The highest BCUT2D eigenvalue weighted by atomic mass is 16.5. The Hall–Kier alpha value is -2.00. The largest absolute Gasteiger partial charge is 0.497 e. The summed E-state index contributed by atoms with van der Waals surface area (Å²) in [6.07, 6.45) is 0.426. The molecule has 0 amide bonds. The molecule has 1 atom stereocenters. The maximum Gasteiger partial charge on any atom is 0.119 e. The lowest BCUT2D eigenvalue weighted by atomic mass is 10.0. The van der Waals surface area contributed by atoms with Crippen molar-refractivity contribution in [3.05, 3.63) is 59.7 Å². The summed E-state index contributed by atoms with van der Waals surface area (Å²) in [5.74, 6) is 1.65. The molecule has 0 aliphatic heterocycles. The Morgan fingerprint density at radius 1 is 0.900 bits per heavy atom. The van der Waals surface area contributed by atoms with Crippen LogP contribution in [0.25, 0.3) is 0 Å². The van der Waals surface area contributed by atoms with Crippen LogP contribution in [0.2, 0.25) is 0 Å². The number of hydrogen-bond acceptors (Lipinski definition) is 3. The summed E-state index contributed by atoms with van der Waals surface area (Å²) in [5, 5.41) is 9.17. The van der Waals surface area contributed by atoms with Gasteiger partial charge in [-0.3, -0.25) is 0 Å². The van der Waals surface area contributed by atoms with Gasteiger partial charge < -0.3 is 14.6 Å². The van der Waals surface area contributed by atoms with Crippen LogP contribution in [0.15, 0.2) is 48.5 Å². The van der Waals surface area contributed by atoms with Crippen LogP contribution in [0.5, 0.6) is 11.5 Å². The minimum atomic E-state index is -0.450. The van der Waals surface area contributed by atoms with Crippen molar-refractivity contribution in [2.75, 3.05) is 13.7 Å². The van der Waals surface area contributed by atoms with Crippen molar-refractivity contribution in [2.45, 2.75) is 19.4 Å². The summed E-state index contributed by atoms with van der Waals surface area (Å²) >= 11 is 0. The number of aliphatic hydroxyl groups is 1. The second kappa shape index (κ2) is 6.96. The summed E-state index contributed by atoms with van der Waals surface area (Å²) in [4.78, 5) is 0. The molecule has 2 aromatic carbocycles. The van der Waals surface area contributed by atoms with E-state index in [-0.39, 0.29) is 0 Å². The fourth-order valence-corrected chi connectivity index (χ4v) is 1.90. The van der Waals surface area contributed by atoms with Gasteiger partial charge in [-0.25, -0.2) is 0 Å². The van der Waals surface area contributed by atoms with Gasteiger partial charge in [0.1, 0.15) is 18.1 Å². The van der Waals surface area contributed by atoms with E-state index in [0.717, 1.165) is 17.9 Å². The molecule has 20 heavy (non-hydrogen) atoms. The Bertz CT molecular complexity index is 515. The van der Waals surface area contributed by atoms with Crippen LogP contribution in [0.4, 0.5) is 0 Å². The summed E-state index contributed by atoms with van der Waals surface area (Å²) in [6, 6.07) is 16.0. The molecule has 3 nitrogen and oxygen atoms in total. The van der Waals surface area contributed by atoms with Crippen molar-refractivity contribution in [3.63, 3.8) is 0 Å². The molecule has 1 N–H and O–H groups in total. The SMILES string of the molecule is COc1ccc(Cc2ccc(OCC(C)O)cc2)cc1. The fraction of sp³-hybridized carbons (Fsp3) is 0.294. The lowest BCUT2D eigenvalue weighted by molar-refractivity contribution is 0.122. The van der Waals surface area contributed by atoms with Gasteiger partial charge in [0.15, 0.2) is 0 Å². The minimum absolute atomic E-state index is 0.317. The highest BCUT2D eigenvalue weighted by molar-refractivity contribution is 5.34. The van der Waals surface area contributed by atoms with Crippen molar-refractivity contribution < 1.29 is 14.6 Å². The molecule has 0 fully saturated rings. The molecule has 1 unspecified atom stereocenters. The first-order valence-electron chi connectivity index (χ1n) is 6.70. The summed E-state index contributed by atoms with van der Waals surface area (Å²) in [6.45, 7) is 2.02. The van der Waals surface area contributed by atoms with Crippen molar-refractivity contribution in [3.8, 4) is 11.5 Å². The van der Waals surface area contributed by atoms with E-state index in [2.05, 4.69) is 12.1 Å². The van der Waals surface area contributed by atoms with Crippen LogP contribution < -0.4 is 9.47 Å². The molecule has 0 aliphatic rings. The van der Waals surface area contributed by atoms with Crippen molar-refractivity contribution >= 4 is 0 Å². The molecule has 106 valence electrons. The third-order valence-corrected chi connectivity index (χ3v) is 2.98. The average Bonchev–Trinajstić information content (AvgIpc) is 2.47. The van der Waals surface area contributed by atoms with Crippen LogP contribution in [-0.2, 0) is 6.42 Å². The highest BCUT2D eigenvalue weighted by Crippen LogP contribution is 2.17. The zero-order chi connectivity index (χ0) is 14.4. The monoisotopic (exact) mass is 272 g/mol. The Kier molecular flexibility index (Phi) is 5.02. The number of aliphatic hydroxyl groups excluding tert-OH is 1. The van der Waals surface area contributed by atoms with Gasteiger partial charge in [0.25, 0.3) is 0 Å². The summed E-state index contributed by atoms with van der Waals surface area (Å²) < 4.78 is 10.6. The van der Waals surface area contributed by atoms with Crippen LogP contribution in [0.1, 0.15) is 18.1 Å². The van der Waals surface area contributed by atoms with E-state index < -0.39 is 6.10 Å². The van der Waals surface area contributed by atoms with E-state index in [9.17, 15) is 5.11 Å². The second-order valence-electron chi connectivity index (χ2n) is 4.83.